The first-order chi connectivity index (χ1) is 8.88. The summed E-state index contributed by atoms with van der Waals surface area (Å²) in [6.07, 6.45) is 5.62. The lowest BCUT2D eigenvalue weighted by molar-refractivity contribution is -0.149. The number of esters is 1. The molecular formula is C18H30O2. The van der Waals surface area contributed by atoms with Crippen molar-refractivity contribution in [3.05, 3.63) is 34.9 Å². The third-order valence-corrected chi connectivity index (χ3v) is 2.63. The Morgan fingerprint density at radius 3 is 1.80 bits per heavy atom. The highest BCUT2D eigenvalue weighted by Crippen LogP contribution is 2.30. The number of carbonyl (C=O) groups is 1. The minimum Gasteiger partial charge on any atom is -0.456 e. The summed E-state index contributed by atoms with van der Waals surface area (Å²) in [6.45, 7) is 18.1. The van der Waals surface area contributed by atoms with Crippen LogP contribution in [-0.2, 0) is 9.53 Å². The van der Waals surface area contributed by atoms with Crippen LogP contribution in [-0.4, -0.2) is 11.6 Å². The lowest BCUT2D eigenvalue weighted by atomic mass is 9.82. The van der Waals surface area contributed by atoms with Gasteiger partial charge in [-0.25, -0.2) is 4.79 Å². The molecule has 0 aliphatic heterocycles. The van der Waals surface area contributed by atoms with Gasteiger partial charge in [0.05, 0.1) is 5.57 Å². The monoisotopic (exact) mass is 278 g/mol. The summed E-state index contributed by atoms with van der Waals surface area (Å²) in [4.78, 5) is 12.3. The third-order valence-electron chi connectivity index (χ3n) is 2.63. The normalized spacial score (nSPS) is 13.6. The standard InChI is InChI=1S/C18H30O2/c1-10-11-14(16(19)20-18(7,8)9)12-15(13(2)3)17(4,5)6/h10-12H,1-9H3/b11-10-,14-12+. The smallest absolute Gasteiger partial charge is 0.338 e. The predicted octanol–water partition coefficient (Wildman–Crippen LogP) is 5.21. The van der Waals surface area contributed by atoms with Crippen LogP contribution in [0.1, 0.15) is 62.3 Å². The summed E-state index contributed by atoms with van der Waals surface area (Å²) >= 11 is 0. The fourth-order valence-electron chi connectivity index (χ4n) is 1.96. The van der Waals surface area contributed by atoms with Crippen LogP contribution in [0.15, 0.2) is 34.9 Å². The summed E-state index contributed by atoms with van der Waals surface area (Å²) in [5.41, 5.74) is 2.48. The molecule has 0 saturated carbocycles. The zero-order valence-corrected chi connectivity index (χ0v) is 14.5. The Hall–Kier alpha value is -1.31. The number of ether oxygens (including phenoxy) is 1. The number of rotatable bonds is 3. The highest BCUT2D eigenvalue weighted by molar-refractivity contribution is 5.92. The van der Waals surface area contributed by atoms with E-state index in [-0.39, 0.29) is 11.4 Å². The van der Waals surface area contributed by atoms with Gasteiger partial charge in [0, 0.05) is 0 Å². The molecule has 0 amide bonds. The Morgan fingerprint density at radius 1 is 1.00 bits per heavy atom. The Bertz CT molecular complexity index is 431. The molecule has 0 saturated heterocycles. The molecule has 0 radical (unpaired) electrons. The molecule has 0 aliphatic rings. The SMILES string of the molecule is C/C=C\C(=C/C(=C(C)C)C(C)(C)C)C(=O)OC(C)(C)C. The van der Waals surface area contributed by atoms with Crippen molar-refractivity contribution in [1.29, 1.82) is 0 Å². The van der Waals surface area contributed by atoms with Gasteiger partial charge >= 0.3 is 5.97 Å². The van der Waals surface area contributed by atoms with Gasteiger partial charge in [-0.2, -0.15) is 0 Å². The van der Waals surface area contributed by atoms with Crippen LogP contribution >= 0.6 is 0 Å². The zero-order chi connectivity index (χ0) is 16.1. The second kappa shape index (κ2) is 6.92. The first-order valence-corrected chi connectivity index (χ1v) is 7.14. The van der Waals surface area contributed by atoms with Gasteiger partial charge < -0.3 is 4.74 Å². The Kier molecular flexibility index (Phi) is 6.46. The van der Waals surface area contributed by atoms with E-state index in [0.717, 1.165) is 5.57 Å². The van der Waals surface area contributed by atoms with E-state index in [1.807, 2.05) is 45.9 Å². The maximum absolute atomic E-state index is 12.3. The van der Waals surface area contributed by atoms with Crippen molar-refractivity contribution in [3.8, 4) is 0 Å². The number of allylic oxidation sites excluding steroid dienone is 4. The molecule has 0 N–H and O–H groups in total. The Morgan fingerprint density at radius 2 is 1.50 bits per heavy atom. The van der Waals surface area contributed by atoms with Gasteiger partial charge in [0.25, 0.3) is 0 Å². The summed E-state index contributed by atoms with van der Waals surface area (Å²) in [5, 5.41) is 0. The number of hydrogen-bond acceptors (Lipinski definition) is 2. The predicted molar refractivity (Wildman–Crippen MR) is 86.6 cm³/mol. The molecule has 0 fully saturated rings. The molecular weight excluding hydrogens is 248 g/mol. The second-order valence-electron chi connectivity index (χ2n) is 7.27. The number of carbonyl (C=O) groups excluding carboxylic acids is 1. The van der Waals surface area contributed by atoms with Crippen LogP contribution in [0.5, 0.6) is 0 Å². The fourth-order valence-corrected chi connectivity index (χ4v) is 1.96. The molecule has 0 aromatic rings. The quantitative estimate of drug-likeness (QED) is 0.402. The molecule has 0 aromatic carbocycles. The molecule has 0 unspecified atom stereocenters. The van der Waals surface area contributed by atoms with Crippen molar-refractivity contribution < 1.29 is 9.53 Å². The average Bonchev–Trinajstić information content (AvgIpc) is 2.18. The van der Waals surface area contributed by atoms with Gasteiger partial charge in [-0.15, -0.1) is 0 Å². The van der Waals surface area contributed by atoms with E-state index < -0.39 is 5.60 Å². The van der Waals surface area contributed by atoms with Crippen molar-refractivity contribution in [2.75, 3.05) is 0 Å². The molecule has 0 aliphatic carbocycles. The van der Waals surface area contributed by atoms with E-state index in [1.165, 1.54) is 5.57 Å². The van der Waals surface area contributed by atoms with Gasteiger partial charge in [-0.3, -0.25) is 0 Å². The van der Waals surface area contributed by atoms with Crippen molar-refractivity contribution in [3.63, 3.8) is 0 Å². The van der Waals surface area contributed by atoms with Crippen LogP contribution in [0.25, 0.3) is 0 Å². The summed E-state index contributed by atoms with van der Waals surface area (Å²) in [5.74, 6) is -0.279. The Balaban J connectivity index is 5.65. The fraction of sp³-hybridized carbons (Fsp3) is 0.611. The van der Waals surface area contributed by atoms with Crippen LogP contribution in [0.3, 0.4) is 0 Å². The molecule has 0 atom stereocenters. The summed E-state index contributed by atoms with van der Waals surface area (Å²) in [6, 6.07) is 0. The van der Waals surface area contributed by atoms with E-state index in [0.29, 0.717) is 5.57 Å². The van der Waals surface area contributed by atoms with Crippen LogP contribution in [0, 0.1) is 5.41 Å². The maximum Gasteiger partial charge on any atom is 0.338 e. The molecule has 20 heavy (non-hydrogen) atoms. The molecule has 0 aromatic heterocycles. The van der Waals surface area contributed by atoms with Gasteiger partial charge in [-0.05, 0) is 58.6 Å². The molecule has 2 nitrogen and oxygen atoms in total. The average molecular weight is 278 g/mol. The number of hydrogen-bond donors (Lipinski definition) is 0. The van der Waals surface area contributed by atoms with Crippen molar-refractivity contribution >= 4 is 5.97 Å². The van der Waals surface area contributed by atoms with Crippen LogP contribution in [0.4, 0.5) is 0 Å². The lowest BCUT2D eigenvalue weighted by Gasteiger charge is -2.24. The van der Waals surface area contributed by atoms with E-state index in [2.05, 4.69) is 34.6 Å². The van der Waals surface area contributed by atoms with Gasteiger partial charge in [0.15, 0.2) is 0 Å². The molecule has 2 heteroatoms. The van der Waals surface area contributed by atoms with Crippen molar-refractivity contribution in [1.82, 2.24) is 0 Å². The van der Waals surface area contributed by atoms with E-state index >= 15 is 0 Å². The van der Waals surface area contributed by atoms with Crippen molar-refractivity contribution in [2.24, 2.45) is 5.41 Å². The van der Waals surface area contributed by atoms with Crippen LogP contribution < -0.4 is 0 Å². The maximum atomic E-state index is 12.3. The molecule has 114 valence electrons. The highest BCUT2D eigenvalue weighted by atomic mass is 16.6. The minimum absolute atomic E-state index is 0.00627. The van der Waals surface area contributed by atoms with Gasteiger partial charge in [0.2, 0.25) is 0 Å². The minimum atomic E-state index is -0.482. The van der Waals surface area contributed by atoms with E-state index in [9.17, 15) is 4.79 Å². The second-order valence-corrected chi connectivity index (χ2v) is 7.27. The molecule has 0 bridgehead atoms. The largest absolute Gasteiger partial charge is 0.456 e. The van der Waals surface area contributed by atoms with Crippen molar-refractivity contribution in [2.45, 2.75) is 67.9 Å². The van der Waals surface area contributed by atoms with E-state index in [4.69, 9.17) is 4.74 Å². The topological polar surface area (TPSA) is 26.3 Å². The molecule has 0 spiro atoms. The van der Waals surface area contributed by atoms with Crippen LogP contribution in [0.2, 0.25) is 0 Å². The van der Waals surface area contributed by atoms with E-state index in [1.54, 1.807) is 0 Å². The summed E-state index contributed by atoms with van der Waals surface area (Å²) < 4.78 is 5.46. The molecule has 0 rings (SSSR count). The Labute approximate surface area is 124 Å². The summed E-state index contributed by atoms with van der Waals surface area (Å²) in [7, 11) is 0. The third kappa shape index (κ3) is 6.74. The van der Waals surface area contributed by atoms with Gasteiger partial charge in [0.1, 0.15) is 5.60 Å². The highest BCUT2D eigenvalue weighted by Gasteiger charge is 2.22. The zero-order valence-electron chi connectivity index (χ0n) is 14.5. The molecule has 0 heterocycles. The lowest BCUT2D eigenvalue weighted by Crippen LogP contribution is -2.25. The first-order valence-electron chi connectivity index (χ1n) is 7.14. The van der Waals surface area contributed by atoms with Gasteiger partial charge in [-0.1, -0.05) is 38.5 Å². The first kappa shape index (κ1) is 18.7.